The molecule has 42 valence electrons. The molecule has 1 aliphatic heterocycles. The van der Waals surface area contributed by atoms with Crippen molar-refractivity contribution in [3.63, 3.8) is 0 Å². The number of hydrogen-bond donors (Lipinski definition) is 1. The summed E-state index contributed by atoms with van der Waals surface area (Å²) < 4.78 is 4.59. The number of carboxylic acid groups (broad SMARTS) is 1. The van der Waals surface area contributed by atoms with Crippen LogP contribution >= 0.6 is 0 Å². The van der Waals surface area contributed by atoms with E-state index in [1.807, 2.05) is 0 Å². The molecule has 4 heteroatoms. The molecule has 0 amide bonds. The first kappa shape index (κ1) is 8.43. The van der Waals surface area contributed by atoms with E-state index < -0.39 is 12.1 Å². The Morgan fingerprint density at radius 3 is 2.38 bits per heavy atom. The van der Waals surface area contributed by atoms with Gasteiger partial charge in [0.2, 0.25) is 0 Å². The van der Waals surface area contributed by atoms with Crippen LogP contribution < -0.4 is 29.6 Å². The predicted octanol–water partition coefficient (Wildman–Crippen LogP) is -3.02. The number of carbonyl (C=O) groups is 1. The maximum absolute atomic E-state index is 9.86. The van der Waals surface area contributed by atoms with Gasteiger partial charge in [-0.2, -0.15) is 0 Å². The zero-order valence-corrected chi connectivity index (χ0v) is 6.76. The van der Waals surface area contributed by atoms with E-state index in [4.69, 9.17) is 5.11 Å². The summed E-state index contributed by atoms with van der Waals surface area (Å²) in [6.07, 6.45) is 0.176. The molecule has 1 fully saturated rings. The summed E-state index contributed by atoms with van der Waals surface area (Å²) in [6, 6.07) is 0. The number of rotatable bonds is 1. The van der Waals surface area contributed by atoms with Crippen LogP contribution in [0.15, 0.2) is 0 Å². The largest absolute Gasteiger partial charge is 1.00 e. The van der Waals surface area contributed by atoms with Crippen LogP contribution in [0, 0.1) is 0 Å². The third-order valence-corrected chi connectivity index (χ3v) is 0.975. The summed E-state index contributed by atoms with van der Waals surface area (Å²) in [5.41, 5.74) is 0. The van der Waals surface area contributed by atoms with Crippen LogP contribution in [0.5, 0.6) is 0 Å². The van der Waals surface area contributed by atoms with E-state index in [-0.39, 0.29) is 31.0 Å². The summed E-state index contributed by atoms with van der Waals surface area (Å²) in [4.78, 5) is 9.86. The molecule has 0 spiro atoms. The van der Waals surface area contributed by atoms with Gasteiger partial charge in [-0.25, -0.2) is 4.79 Å². The Labute approximate surface area is 70.8 Å². The van der Waals surface area contributed by atoms with Crippen LogP contribution in [-0.2, 0) is 9.53 Å². The van der Waals surface area contributed by atoms with Gasteiger partial charge in [-0.1, -0.05) is 0 Å². The maximum atomic E-state index is 9.86. The van der Waals surface area contributed by atoms with Crippen molar-refractivity contribution in [1.29, 1.82) is 0 Å². The topological polar surface area (TPSA) is 46.5 Å². The molecule has 1 saturated heterocycles. The Bertz CT molecular complexity index is 93.8. The molecule has 0 aromatic rings. The number of carboxylic acids is 1. The van der Waals surface area contributed by atoms with Gasteiger partial charge < -0.3 is 11.3 Å². The molecule has 1 atom stereocenters. The van der Waals surface area contributed by atoms with E-state index >= 15 is 0 Å². The molecule has 0 unspecified atom stereocenters. The molecule has 0 aromatic carbocycles. The van der Waals surface area contributed by atoms with Crippen LogP contribution in [0.3, 0.4) is 0 Å². The van der Waals surface area contributed by atoms with E-state index in [1.54, 1.807) is 0 Å². The second-order valence-electron chi connectivity index (χ2n) is 1.49. The van der Waals surface area contributed by atoms with Crippen molar-refractivity contribution in [2.24, 2.45) is 0 Å². The van der Waals surface area contributed by atoms with E-state index in [9.17, 15) is 4.79 Å². The fraction of sp³-hybridized carbons (Fsp3) is 0.750. The zero-order valence-electron chi connectivity index (χ0n) is 5.76. The Hall–Kier alpha value is 0.430. The van der Waals surface area contributed by atoms with Gasteiger partial charge in [0.25, 0.3) is 0 Å². The van der Waals surface area contributed by atoms with Gasteiger partial charge in [-0.05, 0) is 0 Å². The third-order valence-electron chi connectivity index (χ3n) is 0.975. The van der Waals surface area contributed by atoms with Crippen LogP contribution in [0.2, 0.25) is 0 Å². The van der Waals surface area contributed by atoms with Gasteiger partial charge in [0.15, 0.2) is 6.10 Å². The van der Waals surface area contributed by atoms with Crippen molar-refractivity contribution in [3.05, 3.63) is 0 Å². The van der Waals surface area contributed by atoms with Crippen molar-refractivity contribution >= 4 is 5.97 Å². The maximum Gasteiger partial charge on any atom is 1.00 e. The van der Waals surface area contributed by atoms with Crippen molar-refractivity contribution in [1.82, 2.24) is 0 Å². The average molecular weight is 126 g/mol. The molecular weight excluding hydrogens is 119 g/mol. The Morgan fingerprint density at radius 1 is 1.88 bits per heavy atom. The van der Waals surface area contributed by atoms with E-state index in [0.717, 1.165) is 0 Å². The molecule has 0 saturated carbocycles. The Morgan fingerprint density at radius 2 is 2.38 bits per heavy atom. The number of aliphatic carboxylic acids is 1. The molecule has 1 aliphatic rings. The minimum Gasteiger partial charge on any atom is -1.00 e. The molecule has 3 nitrogen and oxygen atoms in total. The quantitative estimate of drug-likeness (QED) is 0.380. The second kappa shape index (κ2) is 3.45. The SMILES string of the molecule is O=C(O)[C@@H]1CCO1.[H-].[Na+]. The van der Waals surface area contributed by atoms with Crippen LogP contribution in [-0.4, -0.2) is 23.8 Å². The molecule has 0 aromatic heterocycles. The number of ether oxygens (including phenoxy) is 1. The van der Waals surface area contributed by atoms with Gasteiger partial charge in [0.1, 0.15) is 0 Å². The fourth-order valence-corrected chi connectivity index (χ4v) is 0.430. The Kier molecular flexibility index (Phi) is 3.64. The van der Waals surface area contributed by atoms with Gasteiger partial charge in [-0.15, -0.1) is 0 Å². The van der Waals surface area contributed by atoms with Gasteiger partial charge >= 0.3 is 35.5 Å². The van der Waals surface area contributed by atoms with E-state index in [2.05, 4.69) is 4.74 Å². The number of hydrogen-bond acceptors (Lipinski definition) is 2. The van der Waals surface area contributed by atoms with Crippen LogP contribution in [0.4, 0.5) is 0 Å². The molecule has 1 heterocycles. The van der Waals surface area contributed by atoms with Crippen molar-refractivity contribution in [2.75, 3.05) is 6.61 Å². The summed E-state index contributed by atoms with van der Waals surface area (Å²) in [5, 5.41) is 8.11. The Balaban J connectivity index is 0. The minimum atomic E-state index is -0.841. The zero-order chi connectivity index (χ0) is 5.28. The minimum absolute atomic E-state index is 0. The second-order valence-corrected chi connectivity index (χ2v) is 1.49. The first-order chi connectivity index (χ1) is 3.30. The van der Waals surface area contributed by atoms with Crippen molar-refractivity contribution < 1.29 is 45.6 Å². The standard InChI is InChI=1S/C4H6O3.Na.H/c5-4(6)3-1-2-7-3;;/h3H,1-2H2,(H,5,6);;/q;+1;-1/t3-;;/m0../s1. The molecule has 8 heavy (non-hydrogen) atoms. The first-order valence-corrected chi connectivity index (χ1v) is 2.15. The van der Waals surface area contributed by atoms with Gasteiger partial charge in [0, 0.05) is 6.42 Å². The van der Waals surface area contributed by atoms with Crippen LogP contribution in [0.25, 0.3) is 0 Å². The van der Waals surface area contributed by atoms with Gasteiger partial charge in [0.05, 0.1) is 6.61 Å². The van der Waals surface area contributed by atoms with Crippen molar-refractivity contribution in [2.45, 2.75) is 12.5 Å². The van der Waals surface area contributed by atoms with Crippen LogP contribution in [0.1, 0.15) is 7.85 Å². The monoisotopic (exact) mass is 126 g/mol. The summed E-state index contributed by atoms with van der Waals surface area (Å²) in [5.74, 6) is -0.841. The molecule has 1 rings (SSSR count). The van der Waals surface area contributed by atoms with Gasteiger partial charge in [-0.3, -0.25) is 0 Å². The molecule has 0 bridgehead atoms. The summed E-state index contributed by atoms with van der Waals surface area (Å²) in [7, 11) is 0. The smallest absolute Gasteiger partial charge is 1.00 e. The normalized spacial score (nSPS) is 25.2. The molecule has 1 N–H and O–H groups in total. The molecule has 0 aliphatic carbocycles. The van der Waals surface area contributed by atoms with E-state index in [0.29, 0.717) is 13.0 Å². The summed E-state index contributed by atoms with van der Waals surface area (Å²) >= 11 is 0. The third kappa shape index (κ3) is 1.74. The van der Waals surface area contributed by atoms with E-state index in [1.165, 1.54) is 0 Å². The summed E-state index contributed by atoms with van der Waals surface area (Å²) in [6.45, 7) is 0.608. The predicted molar refractivity (Wildman–Crippen MR) is 23.1 cm³/mol. The molecular formula is C4H7NaO3. The molecule has 0 radical (unpaired) electrons. The first-order valence-electron chi connectivity index (χ1n) is 2.15. The fourth-order valence-electron chi connectivity index (χ4n) is 0.430. The van der Waals surface area contributed by atoms with Crippen molar-refractivity contribution in [3.8, 4) is 0 Å². The average Bonchev–Trinajstić information content (AvgIpc) is 1.23.